The molecule has 0 radical (unpaired) electrons. The third kappa shape index (κ3) is 2.76. The van der Waals surface area contributed by atoms with Gasteiger partial charge in [0.25, 0.3) is 0 Å². The molecule has 0 atom stereocenters. The topological polar surface area (TPSA) is 62.3 Å². The number of nitrogens with zero attached hydrogens (tertiary/aromatic N) is 2. The first-order valence-electron chi connectivity index (χ1n) is 6.75. The maximum Gasteiger partial charge on any atom is 0.201 e. The molecule has 0 saturated heterocycles. The van der Waals surface area contributed by atoms with Crippen molar-refractivity contribution in [3.05, 3.63) is 48.5 Å². The first kappa shape index (κ1) is 13.3. The molecule has 0 fully saturated rings. The average Bonchev–Trinajstić information content (AvgIpc) is 2.83. The van der Waals surface area contributed by atoms with E-state index >= 15 is 0 Å². The SMILES string of the molecule is COc1ccc2nc(N)n(CCOc3ccccc3)c2c1. The number of hydrogen-bond donors (Lipinski definition) is 1. The summed E-state index contributed by atoms with van der Waals surface area (Å²) in [5.74, 6) is 2.11. The second-order valence-electron chi connectivity index (χ2n) is 4.64. The van der Waals surface area contributed by atoms with Crippen molar-refractivity contribution in [2.75, 3.05) is 19.5 Å². The van der Waals surface area contributed by atoms with E-state index in [1.807, 2.05) is 53.1 Å². The fourth-order valence-electron chi connectivity index (χ4n) is 2.25. The van der Waals surface area contributed by atoms with Crippen molar-refractivity contribution in [2.45, 2.75) is 6.54 Å². The number of rotatable bonds is 5. The fraction of sp³-hybridized carbons (Fsp3) is 0.188. The molecule has 5 nitrogen and oxygen atoms in total. The van der Waals surface area contributed by atoms with Crippen LogP contribution in [0.3, 0.4) is 0 Å². The highest BCUT2D eigenvalue weighted by atomic mass is 16.5. The van der Waals surface area contributed by atoms with Crippen LogP contribution < -0.4 is 15.2 Å². The molecule has 21 heavy (non-hydrogen) atoms. The summed E-state index contributed by atoms with van der Waals surface area (Å²) in [4.78, 5) is 4.34. The molecule has 0 saturated carbocycles. The second kappa shape index (κ2) is 5.75. The van der Waals surface area contributed by atoms with E-state index in [9.17, 15) is 0 Å². The summed E-state index contributed by atoms with van der Waals surface area (Å²) in [6.07, 6.45) is 0. The molecule has 0 aliphatic heterocycles. The highest BCUT2D eigenvalue weighted by Gasteiger charge is 2.09. The summed E-state index contributed by atoms with van der Waals surface area (Å²) in [6.45, 7) is 1.15. The molecular formula is C16H17N3O2. The number of nitrogens with two attached hydrogens (primary N) is 1. The molecule has 5 heteroatoms. The lowest BCUT2D eigenvalue weighted by atomic mass is 10.3. The number of para-hydroxylation sites is 1. The Morgan fingerprint density at radius 1 is 1.10 bits per heavy atom. The zero-order valence-corrected chi connectivity index (χ0v) is 11.8. The van der Waals surface area contributed by atoms with Gasteiger partial charge in [-0.1, -0.05) is 18.2 Å². The molecule has 1 heterocycles. The quantitative estimate of drug-likeness (QED) is 0.782. The van der Waals surface area contributed by atoms with Crippen LogP contribution in [0.1, 0.15) is 0 Å². The molecule has 0 aliphatic rings. The number of fused-ring (bicyclic) bond motifs is 1. The Labute approximate surface area is 122 Å². The highest BCUT2D eigenvalue weighted by Crippen LogP contribution is 2.23. The maximum atomic E-state index is 5.98. The lowest BCUT2D eigenvalue weighted by Gasteiger charge is -2.09. The fourth-order valence-corrected chi connectivity index (χ4v) is 2.25. The van der Waals surface area contributed by atoms with Crippen LogP contribution in [0.2, 0.25) is 0 Å². The monoisotopic (exact) mass is 283 g/mol. The number of hydrogen-bond acceptors (Lipinski definition) is 4. The van der Waals surface area contributed by atoms with Gasteiger partial charge < -0.3 is 19.8 Å². The summed E-state index contributed by atoms with van der Waals surface area (Å²) < 4.78 is 12.9. The van der Waals surface area contributed by atoms with Gasteiger partial charge in [0.2, 0.25) is 5.95 Å². The lowest BCUT2D eigenvalue weighted by molar-refractivity contribution is 0.301. The van der Waals surface area contributed by atoms with Crippen LogP contribution in [0.4, 0.5) is 5.95 Å². The smallest absolute Gasteiger partial charge is 0.201 e. The Morgan fingerprint density at radius 3 is 2.67 bits per heavy atom. The normalized spacial score (nSPS) is 10.7. The van der Waals surface area contributed by atoms with Crippen LogP contribution in [0, 0.1) is 0 Å². The van der Waals surface area contributed by atoms with Gasteiger partial charge >= 0.3 is 0 Å². The lowest BCUT2D eigenvalue weighted by Crippen LogP contribution is -2.10. The molecular weight excluding hydrogens is 266 g/mol. The minimum atomic E-state index is 0.481. The van der Waals surface area contributed by atoms with Crippen LogP contribution in [0.25, 0.3) is 11.0 Å². The van der Waals surface area contributed by atoms with Crippen LogP contribution in [0.15, 0.2) is 48.5 Å². The molecule has 0 unspecified atom stereocenters. The standard InChI is InChI=1S/C16H17N3O2/c1-20-13-7-8-14-15(11-13)19(16(17)18-14)9-10-21-12-5-3-2-4-6-12/h2-8,11H,9-10H2,1H3,(H2,17,18). The highest BCUT2D eigenvalue weighted by molar-refractivity contribution is 5.79. The van der Waals surface area contributed by atoms with E-state index in [2.05, 4.69) is 4.98 Å². The van der Waals surface area contributed by atoms with E-state index in [4.69, 9.17) is 15.2 Å². The predicted molar refractivity (Wildman–Crippen MR) is 82.6 cm³/mol. The predicted octanol–water partition coefficient (Wildman–Crippen LogP) is 2.71. The van der Waals surface area contributed by atoms with E-state index in [1.165, 1.54) is 0 Å². The van der Waals surface area contributed by atoms with Gasteiger partial charge in [0.05, 0.1) is 24.7 Å². The molecule has 1 aromatic heterocycles. The van der Waals surface area contributed by atoms with Gasteiger partial charge in [-0.3, -0.25) is 0 Å². The first-order chi connectivity index (χ1) is 10.3. The molecule has 0 amide bonds. The zero-order valence-electron chi connectivity index (χ0n) is 11.8. The average molecular weight is 283 g/mol. The maximum absolute atomic E-state index is 5.98. The number of nitrogen functional groups attached to an aromatic ring is 1. The van der Waals surface area contributed by atoms with Crippen molar-refractivity contribution in [1.29, 1.82) is 0 Å². The van der Waals surface area contributed by atoms with Crippen LogP contribution >= 0.6 is 0 Å². The second-order valence-corrected chi connectivity index (χ2v) is 4.64. The van der Waals surface area contributed by atoms with E-state index in [-0.39, 0.29) is 0 Å². The minimum Gasteiger partial charge on any atom is -0.497 e. The van der Waals surface area contributed by atoms with Crippen molar-refractivity contribution in [2.24, 2.45) is 0 Å². The largest absolute Gasteiger partial charge is 0.497 e. The van der Waals surface area contributed by atoms with Crippen LogP contribution in [-0.4, -0.2) is 23.3 Å². The molecule has 3 aromatic rings. The van der Waals surface area contributed by atoms with Gasteiger partial charge in [-0.2, -0.15) is 0 Å². The third-order valence-electron chi connectivity index (χ3n) is 3.31. The van der Waals surface area contributed by atoms with Crippen molar-refractivity contribution in [3.63, 3.8) is 0 Å². The summed E-state index contributed by atoms with van der Waals surface area (Å²) in [6, 6.07) is 15.4. The Bertz CT molecular complexity index is 738. The summed E-state index contributed by atoms with van der Waals surface area (Å²) in [5.41, 5.74) is 7.78. The van der Waals surface area contributed by atoms with Crippen LogP contribution in [-0.2, 0) is 6.54 Å². The van der Waals surface area contributed by atoms with E-state index in [1.54, 1.807) is 7.11 Å². The van der Waals surface area contributed by atoms with E-state index in [0.717, 1.165) is 22.5 Å². The van der Waals surface area contributed by atoms with Crippen molar-refractivity contribution >= 4 is 17.0 Å². The van der Waals surface area contributed by atoms with Gasteiger partial charge in [0, 0.05) is 6.07 Å². The number of benzene rings is 2. The minimum absolute atomic E-state index is 0.481. The number of ether oxygens (including phenoxy) is 2. The summed E-state index contributed by atoms with van der Waals surface area (Å²) in [5, 5.41) is 0. The van der Waals surface area contributed by atoms with E-state index in [0.29, 0.717) is 19.1 Å². The molecule has 2 aromatic carbocycles. The molecule has 3 rings (SSSR count). The number of methoxy groups -OCH3 is 1. The Morgan fingerprint density at radius 2 is 1.90 bits per heavy atom. The number of anilines is 1. The number of imidazole rings is 1. The van der Waals surface area contributed by atoms with Gasteiger partial charge in [-0.15, -0.1) is 0 Å². The van der Waals surface area contributed by atoms with Crippen molar-refractivity contribution in [3.8, 4) is 11.5 Å². The summed E-state index contributed by atoms with van der Waals surface area (Å²) >= 11 is 0. The van der Waals surface area contributed by atoms with Gasteiger partial charge in [-0.25, -0.2) is 4.98 Å². The Hall–Kier alpha value is -2.69. The molecule has 108 valence electrons. The summed E-state index contributed by atoms with van der Waals surface area (Å²) in [7, 11) is 1.64. The van der Waals surface area contributed by atoms with Gasteiger partial charge in [0.15, 0.2) is 0 Å². The first-order valence-corrected chi connectivity index (χ1v) is 6.75. The van der Waals surface area contributed by atoms with Crippen molar-refractivity contribution < 1.29 is 9.47 Å². The van der Waals surface area contributed by atoms with Crippen molar-refractivity contribution in [1.82, 2.24) is 9.55 Å². The molecule has 0 bridgehead atoms. The molecule has 2 N–H and O–H groups in total. The zero-order chi connectivity index (χ0) is 14.7. The van der Waals surface area contributed by atoms with Gasteiger partial charge in [-0.05, 0) is 24.3 Å². The Balaban J connectivity index is 1.78. The number of aromatic nitrogens is 2. The Kier molecular flexibility index (Phi) is 3.64. The van der Waals surface area contributed by atoms with Gasteiger partial charge in [0.1, 0.15) is 18.1 Å². The third-order valence-corrected chi connectivity index (χ3v) is 3.31. The molecule has 0 spiro atoms. The van der Waals surface area contributed by atoms with Crippen LogP contribution in [0.5, 0.6) is 11.5 Å². The van der Waals surface area contributed by atoms with E-state index < -0.39 is 0 Å². The molecule has 0 aliphatic carbocycles.